The number of H-pyrrole nitrogens is 1. The number of hydrogen-bond acceptors (Lipinski definition) is 5. The van der Waals surface area contributed by atoms with Crippen molar-refractivity contribution in [3.63, 3.8) is 0 Å². The summed E-state index contributed by atoms with van der Waals surface area (Å²) >= 11 is 1.23. The smallest absolute Gasteiger partial charge is 0.243 e. The summed E-state index contributed by atoms with van der Waals surface area (Å²) in [5.74, 6) is 0.461. The largest absolute Gasteiger partial charge is 0.346 e. The Morgan fingerprint density at radius 1 is 1.16 bits per heavy atom. The molecule has 0 atom stereocenters. The molecule has 0 saturated carbocycles. The van der Waals surface area contributed by atoms with Crippen LogP contribution < -0.4 is 10.6 Å². The van der Waals surface area contributed by atoms with E-state index in [4.69, 9.17) is 0 Å². The fraction of sp³-hybridized carbons (Fsp3) is 0.412. The van der Waals surface area contributed by atoms with E-state index in [0.717, 1.165) is 34.6 Å². The quantitative estimate of drug-likeness (QED) is 0.656. The van der Waals surface area contributed by atoms with Gasteiger partial charge in [-0.3, -0.25) is 14.7 Å². The fourth-order valence-corrected chi connectivity index (χ4v) is 3.07. The maximum absolute atomic E-state index is 12.1. The number of carbonyl (C=O) groups excluding carboxylic acids is 2. The summed E-state index contributed by atoms with van der Waals surface area (Å²) in [6.45, 7) is 7.82. The third-order valence-corrected chi connectivity index (χ3v) is 4.41. The van der Waals surface area contributed by atoms with Gasteiger partial charge < -0.3 is 10.6 Å². The molecule has 25 heavy (non-hydrogen) atoms. The molecule has 7 nitrogen and oxygen atoms in total. The number of nitrogens with zero attached hydrogens (tertiary/aromatic N) is 2. The van der Waals surface area contributed by atoms with E-state index in [9.17, 15) is 9.59 Å². The van der Waals surface area contributed by atoms with Gasteiger partial charge in [-0.15, -0.1) is 5.10 Å². The molecule has 134 valence electrons. The lowest BCUT2D eigenvalue weighted by molar-refractivity contribution is -0.122. The lowest BCUT2D eigenvalue weighted by Crippen LogP contribution is -2.34. The average Bonchev–Trinajstić information content (AvgIpc) is 3.02. The molecule has 0 spiro atoms. The minimum absolute atomic E-state index is 0.0691. The normalized spacial score (nSPS) is 10.6. The summed E-state index contributed by atoms with van der Waals surface area (Å²) in [6.07, 6.45) is 0.762. The summed E-state index contributed by atoms with van der Waals surface area (Å²) in [6, 6.07) is 4.03. The molecule has 2 aromatic rings. The molecule has 0 aliphatic heterocycles. The molecule has 0 saturated heterocycles. The zero-order valence-corrected chi connectivity index (χ0v) is 15.7. The zero-order chi connectivity index (χ0) is 18.4. The Balaban J connectivity index is 1.78. The molecule has 0 radical (unpaired) electrons. The molecule has 0 aliphatic rings. The summed E-state index contributed by atoms with van der Waals surface area (Å²) in [7, 11) is 0. The number of aryl methyl sites for hydroxylation is 4. The zero-order valence-electron chi connectivity index (χ0n) is 14.9. The Morgan fingerprint density at radius 3 is 2.44 bits per heavy atom. The molecule has 3 N–H and O–H groups in total. The van der Waals surface area contributed by atoms with Gasteiger partial charge in [-0.1, -0.05) is 36.4 Å². The van der Waals surface area contributed by atoms with Crippen LogP contribution in [0, 0.1) is 20.8 Å². The number of benzene rings is 1. The molecule has 2 amide bonds. The first-order chi connectivity index (χ1) is 11.9. The SMILES string of the molecule is CCc1nc(SCC(=O)NCC(=O)Nc2c(C)cc(C)cc2C)n[nH]1. The molecule has 0 aliphatic carbocycles. The van der Waals surface area contributed by atoms with Gasteiger partial charge in [0.1, 0.15) is 5.82 Å². The standard InChI is InChI=1S/C17H23N5O2S/c1-5-13-19-17(22-21-13)25-9-15(24)18-8-14(23)20-16-11(3)6-10(2)7-12(16)4/h6-7H,5,8-9H2,1-4H3,(H,18,24)(H,20,23)(H,19,21,22). The van der Waals surface area contributed by atoms with Gasteiger partial charge in [0.25, 0.3) is 0 Å². The van der Waals surface area contributed by atoms with E-state index in [2.05, 4.69) is 25.8 Å². The molecule has 8 heteroatoms. The maximum Gasteiger partial charge on any atom is 0.243 e. The minimum Gasteiger partial charge on any atom is -0.346 e. The second-order valence-electron chi connectivity index (χ2n) is 5.81. The van der Waals surface area contributed by atoms with Crippen LogP contribution in [0.5, 0.6) is 0 Å². The molecular weight excluding hydrogens is 338 g/mol. The fourth-order valence-electron chi connectivity index (χ4n) is 2.42. The number of amides is 2. The summed E-state index contributed by atoms with van der Waals surface area (Å²) in [5.41, 5.74) is 3.96. The topological polar surface area (TPSA) is 99.8 Å². The number of rotatable bonds is 7. The lowest BCUT2D eigenvalue weighted by Gasteiger charge is -2.13. The van der Waals surface area contributed by atoms with Gasteiger partial charge in [0.15, 0.2) is 0 Å². The van der Waals surface area contributed by atoms with Gasteiger partial charge >= 0.3 is 0 Å². The summed E-state index contributed by atoms with van der Waals surface area (Å²) < 4.78 is 0. The van der Waals surface area contributed by atoms with Gasteiger partial charge in [0, 0.05) is 12.1 Å². The molecular formula is C17H23N5O2S. The third-order valence-electron chi connectivity index (χ3n) is 3.57. The first-order valence-electron chi connectivity index (χ1n) is 8.07. The van der Waals surface area contributed by atoms with Gasteiger partial charge in [0.05, 0.1) is 12.3 Å². The van der Waals surface area contributed by atoms with Gasteiger partial charge in [-0.05, 0) is 31.9 Å². The van der Waals surface area contributed by atoms with Crippen molar-refractivity contribution in [2.75, 3.05) is 17.6 Å². The van der Waals surface area contributed by atoms with Crippen molar-refractivity contribution >= 4 is 29.3 Å². The summed E-state index contributed by atoms with van der Waals surface area (Å²) in [4.78, 5) is 28.1. The highest BCUT2D eigenvalue weighted by atomic mass is 32.2. The van der Waals surface area contributed by atoms with Crippen molar-refractivity contribution in [3.8, 4) is 0 Å². The van der Waals surface area contributed by atoms with Crippen LogP contribution in [0.3, 0.4) is 0 Å². The Hall–Kier alpha value is -2.35. The molecule has 1 heterocycles. The van der Waals surface area contributed by atoms with E-state index in [-0.39, 0.29) is 24.1 Å². The number of nitrogens with one attached hydrogen (secondary N) is 3. The summed E-state index contributed by atoms with van der Waals surface area (Å²) in [5, 5.41) is 12.8. The number of carbonyl (C=O) groups is 2. The highest BCUT2D eigenvalue weighted by molar-refractivity contribution is 7.99. The van der Waals surface area contributed by atoms with E-state index in [1.165, 1.54) is 11.8 Å². The van der Waals surface area contributed by atoms with E-state index >= 15 is 0 Å². The van der Waals surface area contributed by atoms with Gasteiger partial charge in [0.2, 0.25) is 17.0 Å². The number of thioether (sulfide) groups is 1. The monoisotopic (exact) mass is 361 g/mol. The molecule has 2 rings (SSSR count). The number of aromatic amines is 1. The Labute approximate surface area is 151 Å². The predicted molar refractivity (Wildman–Crippen MR) is 98.8 cm³/mol. The van der Waals surface area contributed by atoms with Crippen LogP contribution in [0.15, 0.2) is 17.3 Å². The van der Waals surface area contributed by atoms with Crippen LogP contribution in [-0.4, -0.2) is 39.3 Å². The van der Waals surface area contributed by atoms with E-state index in [1.807, 2.05) is 39.8 Å². The highest BCUT2D eigenvalue weighted by Gasteiger charge is 2.11. The second-order valence-corrected chi connectivity index (χ2v) is 6.75. The van der Waals surface area contributed by atoms with Crippen molar-refractivity contribution in [1.29, 1.82) is 0 Å². The molecule has 1 aromatic heterocycles. The first-order valence-corrected chi connectivity index (χ1v) is 9.06. The first kappa shape index (κ1) is 19.0. The van der Waals surface area contributed by atoms with Crippen molar-refractivity contribution in [2.24, 2.45) is 0 Å². The third kappa shape index (κ3) is 5.60. The Bertz CT molecular complexity index is 749. The van der Waals surface area contributed by atoms with E-state index in [0.29, 0.717) is 5.16 Å². The van der Waals surface area contributed by atoms with Crippen LogP contribution in [0.1, 0.15) is 29.4 Å². The number of aromatic nitrogens is 3. The Morgan fingerprint density at radius 2 is 1.84 bits per heavy atom. The van der Waals surface area contributed by atoms with Crippen LogP contribution in [0.2, 0.25) is 0 Å². The van der Waals surface area contributed by atoms with Crippen LogP contribution in [-0.2, 0) is 16.0 Å². The molecule has 0 unspecified atom stereocenters. The Kier molecular flexibility index (Phi) is 6.58. The van der Waals surface area contributed by atoms with E-state index < -0.39 is 0 Å². The number of anilines is 1. The van der Waals surface area contributed by atoms with Crippen LogP contribution in [0.25, 0.3) is 0 Å². The number of hydrogen-bond donors (Lipinski definition) is 3. The van der Waals surface area contributed by atoms with Crippen LogP contribution in [0.4, 0.5) is 5.69 Å². The van der Waals surface area contributed by atoms with Crippen molar-refractivity contribution in [1.82, 2.24) is 20.5 Å². The molecule has 1 aromatic carbocycles. The van der Waals surface area contributed by atoms with Crippen molar-refractivity contribution in [3.05, 3.63) is 34.6 Å². The van der Waals surface area contributed by atoms with Crippen molar-refractivity contribution < 1.29 is 9.59 Å². The van der Waals surface area contributed by atoms with Crippen molar-refractivity contribution in [2.45, 2.75) is 39.3 Å². The molecule has 0 fully saturated rings. The minimum atomic E-state index is -0.250. The highest BCUT2D eigenvalue weighted by Crippen LogP contribution is 2.21. The molecule has 0 bridgehead atoms. The van der Waals surface area contributed by atoms with Gasteiger partial charge in [-0.25, -0.2) is 4.98 Å². The lowest BCUT2D eigenvalue weighted by atomic mass is 10.1. The van der Waals surface area contributed by atoms with Gasteiger partial charge in [-0.2, -0.15) is 0 Å². The van der Waals surface area contributed by atoms with E-state index in [1.54, 1.807) is 0 Å². The predicted octanol–water partition coefficient (Wildman–Crippen LogP) is 2.14. The maximum atomic E-state index is 12.1. The average molecular weight is 361 g/mol. The van der Waals surface area contributed by atoms with Crippen LogP contribution >= 0.6 is 11.8 Å². The second kappa shape index (κ2) is 8.66.